The zero-order valence-corrected chi connectivity index (χ0v) is 10.1. The fraction of sp³-hybridized carbons (Fsp3) is 0.214. The van der Waals surface area contributed by atoms with Crippen LogP contribution in [0.2, 0.25) is 0 Å². The maximum absolute atomic E-state index is 8.52. The largest absolute Gasteiger partial charge is 0.193 e. The summed E-state index contributed by atoms with van der Waals surface area (Å²) in [5.41, 5.74) is 1.15. The van der Waals surface area contributed by atoms with E-state index < -0.39 is 0 Å². The summed E-state index contributed by atoms with van der Waals surface area (Å²) in [6, 6.07) is 12.8. The zero-order chi connectivity index (χ0) is 11.4. The molecule has 0 saturated carbocycles. The molecule has 1 heterocycles. The average Bonchev–Trinajstić information content (AvgIpc) is 2.69. The molecule has 80 valence electrons. The standard InChI is InChI=1S/C14H13NS/c1-11(8-9-15)6-7-13-10-12-4-2-3-5-14(12)16-13/h2-5,8,10H,6-7H2,1H3/b11-8+. The second kappa shape index (κ2) is 4.96. The number of hydrogen-bond donors (Lipinski definition) is 0. The Morgan fingerprint density at radius 3 is 3.00 bits per heavy atom. The van der Waals surface area contributed by atoms with E-state index in [0.717, 1.165) is 18.4 Å². The highest BCUT2D eigenvalue weighted by Crippen LogP contribution is 2.26. The van der Waals surface area contributed by atoms with Crippen molar-refractivity contribution >= 4 is 21.4 Å². The van der Waals surface area contributed by atoms with Gasteiger partial charge in [-0.25, -0.2) is 0 Å². The molecule has 2 aromatic rings. The van der Waals surface area contributed by atoms with Crippen LogP contribution in [0.1, 0.15) is 18.2 Å². The van der Waals surface area contributed by atoms with Crippen molar-refractivity contribution in [2.75, 3.05) is 0 Å². The Bertz CT molecular complexity index is 524. The SMILES string of the molecule is C/C(=C\C#N)CCc1cc2ccccc2s1. The molecule has 16 heavy (non-hydrogen) atoms. The number of aryl methyl sites for hydroxylation is 1. The van der Waals surface area contributed by atoms with Gasteiger partial charge < -0.3 is 0 Å². The van der Waals surface area contributed by atoms with E-state index in [2.05, 4.69) is 36.4 Å². The molecule has 2 heteroatoms. The van der Waals surface area contributed by atoms with Crippen molar-refractivity contribution in [3.05, 3.63) is 46.9 Å². The van der Waals surface area contributed by atoms with Crippen molar-refractivity contribution in [2.45, 2.75) is 19.8 Å². The molecular formula is C14H13NS. The number of fused-ring (bicyclic) bond motifs is 1. The molecule has 0 aliphatic heterocycles. The second-order valence-corrected chi connectivity index (χ2v) is 5.04. The van der Waals surface area contributed by atoms with Gasteiger partial charge in [-0.15, -0.1) is 11.3 Å². The Hall–Kier alpha value is -1.59. The number of allylic oxidation sites excluding steroid dienone is 2. The summed E-state index contributed by atoms with van der Waals surface area (Å²) in [6.07, 6.45) is 3.64. The molecule has 0 saturated heterocycles. The van der Waals surface area contributed by atoms with Gasteiger partial charge in [-0.1, -0.05) is 23.8 Å². The summed E-state index contributed by atoms with van der Waals surface area (Å²) in [4.78, 5) is 1.40. The van der Waals surface area contributed by atoms with E-state index in [-0.39, 0.29) is 0 Å². The molecule has 0 bridgehead atoms. The van der Waals surface area contributed by atoms with Gasteiger partial charge in [0, 0.05) is 15.7 Å². The van der Waals surface area contributed by atoms with Crippen LogP contribution in [-0.2, 0) is 6.42 Å². The number of rotatable bonds is 3. The average molecular weight is 227 g/mol. The zero-order valence-electron chi connectivity index (χ0n) is 9.23. The molecular weight excluding hydrogens is 214 g/mol. The van der Waals surface area contributed by atoms with E-state index in [0.29, 0.717) is 0 Å². The van der Waals surface area contributed by atoms with Gasteiger partial charge in [0.2, 0.25) is 0 Å². The van der Waals surface area contributed by atoms with Crippen LogP contribution in [0.15, 0.2) is 42.0 Å². The van der Waals surface area contributed by atoms with E-state index in [1.54, 1.807) is 6.08 Å². The van der Waals surface area contributed by atoms with Crippen LogP contribution in [0.5, 0.6) is 0 Å². The molecule has 0 aliphatic rings. The molecule has 0 radical (unpaired) electrons. The second-order valence-electron chi connectivity index (χ2n) is 3.87. The Kier molecular flexibility index (Phi) is 3.38. The first-order valence-corrected chi connectivity index (χ1v) is 6.14. The summed E-state index contributed by atoms with van der Waals surface area (Å²) < 4.78 is 1.35. The van der Waals surface area contributed by atoms with Crippen LogP contribution in [0.4, 0.5) is 0 Å². The van der Waals surface area contributed by atoms with E-state index >= 15 is 0 Å². The molecule has 0 spiro atoms. The van der Waals surface area contributed by atoms with Crippen LogP contribution < -0.4 is 0 Å². The van der Waals surface area contributed by atoms with Gasteiger partial charge in [0.05, 0.1) is 6.07 Å². The van der Waals surface area contributed by atoms with Crippen molar-refractivity contribution in [1.82, 2.24) is 0 Å². The topological polar surface area (TPSA) is 23.8 Å². The van der Waals surface area contributed by atoms with Gasteiger partial charge in [-0.3, -0.25) is 0 Å². The lowest BCUT2D eigenvalue weighted by atomic mass is 10.1. The molecule has 1 aromatic carbocycles. The van der Waals surface area contributed by atoms with E-state index in [9.17, 15) is 0 Å². The smallest absolute Gasteiger partial charge is 0.0911 e. The minimum atomic E-state index is 0.973. The van der Waals surface area contributed by atoms with E-state index in [1.807, 2.05) is 18.3 Å². The summed E-state index contributed by atoms with van der Waals surface area (Å²) in [5, 5.41) is 9.85. The third kappa shape index (κ3) is 2.50. The highest BCUT2D eigenvalue weighted by Gasteiger charge is 2.01. The monoisotopic (exact) mass is 227 g/mol. The van der Waals surface area contributed by atoms with Crippen molar-refractivity contribution in [3.8, 4) is 6.07 Å². The number of hydrogen-bond acceptors (Lipinski definition) is 2. The summed E-state index contributed by atoms with van der Waals surface area (Å²) >= 11 is 1.85. The first-order chi connectivity index (χ1) is 7.79. The lowest BCUT2D eigenvalue weighted by Gasteiger charge is -1.96. The lowest BCUT2D eigenvalue weighted by molar-refractivity contribution is 0.961. The highest BCUT2D eigenvalue weighted by molar-refractivity contribution is 7.19. The van der Waals surface area contributed by atoms with E-state index in [4.69, 9.17) is 5.26 Å². The van der Waals surface area contributed by atoms with Crippen molar-refractivity contribution in [3.63, 3.8) is 0 Å². The fourth-order valence-electron chi connectivity index (χ4n) is 1.66. The van der Waals surface area contributed by atoms with Crippen LogP contribution in [0.25, 0.3) is 10.1 Å². The van der Waals surface area contributed by atoms with Gasteiger partial charge in [0.1, 0.15) is 0 Å². The Morgan fingerprint density at radius 2 is 2.25 bits per heavy atom. The molecule has 2 rings (SSSR count). The maximum Gasteiger partial charge on any atom is 0.0911 e. The molecule has 1 aromatic heterocycles. The molecule has 0 fully saturated rings. The number of nitrogens with zero attached hydrogens (tertiary/aromatic N) is 1. The number of benzene rings is 1. The Morgan fingerprint density at radius 1 is 1.44 bits per heavy atom. The third-order valence-corrected chi connectivity index (χ3v) is 3.73. The van der Waals surface area contributed by atoms with Crippen LogP contribution in [0.3, 0.4) is 0 Å². The molecule has 0 unspecified atom stereocenters. The van der Waals surface area contributed by atoms with Crippen LogP contribution >= 0.6 is 11.3 Å². The highest BCUT2D eigenvalue weighted by atomic mass is 32.1. The number of nitriles is 1. The Labute approximate surface area is 99.6 Å². The van der Waals surface area contributed by atoms with Gasteiger partial charge in [0.15, 0.2) is 0 Å². The first-order valence-electron chi connectivity index (χ1n) is 5.32. The van der Waals surface area contributed by atoms with Gasteiger partial charge in [-0.2, -0.15) is 5.26 Å². The summed E-state index contributed by atoms with van der Waals surface area (Å²) in [6.45, 7) is 2.01. The fourth-order valence-corrected chi connectivity index (χ4v) is 2.73. The third-order valence-electron chi connectivity index (χ3n) is 2.55. The predicted octanol–water partition coefficient (Wildman–Crippen LogP) is 4.30. The molecule has 1 nitrogen and oxygen atoms in total. The van der Waals surface area contributed by atoms with E-state index in [1.165, 1.54) is 15.0 Å². The lowest BCUT2D eigenvalue weighted by Crippen LogP contribution is -1.81. The van der Waals surface area contributed by atoms with Crippen molar-refractivity contribution in [2.24, 2.45) is 0 Å². The quantitative estimate of drug-likeness (QED) is 0.717. The molecule has 0 aliphatic carbocycles. The maximum atomic E-state index is 8.52. The minimum absolute atomic E-state index is 0.973. The van der Waals surface area contributed by atoms with Crippen LogP contribution in [-0.4, -0.2) is 0 Å². The van der Waals surface area contributed by atoms with Crippen molar-refractivity contribution < 1.29 is 0 Å². The van der Waals surface area contributed by atoms with Gasteiger partial charge >= 0.3 is 0 Å². The minimum Gasteiger partial charge on any atom is -0.193 e. The molecule has 0 N–H and O–H groups in total. The summed E-state index contributed by atoms with van der Waals surface area (Å²) in [5.74, 6) is 0. The summed E-state index contributed by atoms with van der Waals surface area (Å²) in [7, 11) is 0. The first kappa shape index (κ1) is 10.9. The van der Waals surface area contributed by atoms with Gasteiger partial charge in [0.25, 0.3) is 0 Å². The normalized spacial score (nSPS) is 11.6. The van der Waals surface area contributed by atoms with Crippen molar-refractivity contribution in [1.29, 1.82) is 5.26 Å². The van der Waals surface area contributed by atoms with Gasteiger partial charge in [-0.05, 0) is 37.3 Å². The Balaban J connectivity index is 2.11. The molecule has 0 atom stereocenters. The predicted molar refractivity (Wildman–Crippen MR) is 69.5 cm³/mol. The van der Waals surface area contributed by atoms with Crippen LogP contribution in [0, 0.1) is 11.3 Å². The number of thiophene rings is 1. The molecule has 0 amide bonds.